The van der Waals surface area contributed by atoms with Gasteiger partial charge >= 0.3 is 0 Å². The van der Waals surface area contributed by atoms with Crippen molar-refractivity contribution < 1.29 is 5.11 Å². The Kier molecular flexibility index (Phi) is 3.07. The highest BCUT2D eigenvalue weighted by atomic mass is 16.3. The number of hydrogen-bond acceptors (Lipinski definition) is 5. The third-order valence-corrected chi connectivity index (χ3v) is 3.03. The van der Waals surface area contributed by atoms with Gasteiger partial charge < -0.3 is 15.7 Å². The summed E-state index contributed by atoms with van der Waals surface area (Å²) in [5.41, 5.74) is 5.85. The first-order chi connectivity index (χ1) is 7.61. The molecule has 3 N–H and O–H groups in total. The number of anilines is 1. The molecule has 1 aliphatic rings. The highest BCUT2D eigenvalue weighted by Gasteiger charge is 2.28. The summed E-state index contributed by atoms with van der Waals surface area (Å²) in [7, 11) is 0. The van der Waals surface area contributed by atoms with E-state index in [2.05, 4.69) is 14.9 Å². The summed E-state index contributed by atoms with van der Waals surface area (Å²) in [5.74, 6) is 0.721. The maximum Gasteiger partial charge on any atom is 0.225 e. The Morgan fingerprint density at radius 2 is 2.19 bits per heavy atom. The van der Waals surface area contributed by atoms with E-state index in [-0.39, 0.29) is 0 Å². The summed E-state index contributed by atoms with van der Waals surface area (Å²) in [6.07, 6.45) is 3.24. The van der Waals surface area contributed by atoms with Crippen molar-refractivity contribution >= 4 is 5.95 Å². The molecule has 1 aromatic rings. The lowest BCUT2D eigenvalue weighted by Gasteiger charge is -2.35. The van der Waals surface area contributed by atoms with E-state index >= 15 is 0 Å². The molecule has 2 rings (SSSR count). The topological polar surface area (TPSA) is 75.3 Å². The fourth-order valence-corrected chi connectivity index (χ4v) is 1.84. The molecule has 0 saturated carbocycles. The Labute approximate surface area is 95.3 Å². The van der Waals surface area contributed by atoms with Crippen LogP contribution in [0, 0.1) is 0 Å². The van der Waals surface area contributed by atoms with Crippen LogP contribution in [0.4, 0.5) is 5.95 Å². The van der Waals surface area contributed by atoms with Crippen LogP contribution >= 0.6 is 0 Å². The number of aromatic nitrogens is 2. The van der Waals surface area contributed by atoms with Gasteiger partial charge in [0.25, 0.3) is 0 Å². The van der Waals surface area contributed by atoms with Gasteiger partial charge in [0, 0.05) is 25.8 Å². The zero-order valence-corrected chi connectivity index (χ0v) is 9.56. The summed E-state index contributed by atoms with van der Waals surface area (Å²) in [4.78, 5) is 10.7. The number of nitrogens with zero attached hydrogens (tertiary/aromatic N) is 3. The van der Waals surface area contributed by atoms with Crippen molar-refractivity contribution in [3.63, 3.8) is 0 Å². The molecule has 0 radical (unpaired) electrons. The predicted octanol–water partition coefficient (Wildman–Crippen LogP) is 0.287. The van der Waals surface area contributed by atoms with Crippen LogP contribution < -0.4 is 10.6 Å². The van der Waals surface area contributed by atoms with Gasteiger partial charge in [0.2, 0.25) is 5.95 Å². The normalized spacial score (nSPS) is 19.8. The molecular formula is C11H18N4O. The average molecular weight is 222 g/mol. The Morgan fingerprint density at radius 3 is 2.81 bits per heavy atom. The van der Waals surface area contributed by atoms with E-state index in [9.17, 15) is 5.11 Å². The molecule has 16 heavy (non-hydrogen) atoms. The van der Waals surface area contributed by atoms with Gasteiger partial charge in [-0.05, 0) is 25.8 Å². The highest BCUT2D eigenvalue weighted by molar-refractivity contribution is 5.31. The summed E-state index contributed by atoms with van der Waals surface area (Å²) in [6, 6.07) is 1.82. The van der Waals surface area contributed by atoms with E-state index in [4.69, 9.17) is 5.73 Å². The lowest BCUT2D eigenvalue weighted by Crippen LogP contribution is -2.43. The van der Waals surface area contributed by atoms with Crippen LogP contribution in [0.2, 0.25) is 0 Å². The second kappa shape index (κ2) is 4.35. The standard InChI is InChI=1S/C11H18N4O/c1-11(16)3-6-15(7-4-11)10-13-5-2-9(8-12)14-10/h2,5,16H,3-4,6-8,12H2,1H3. The smallest absolute Gasteiger partial charge is 0.225 e. The third kappa shape index (κ3) is 2.48. The lowest BCUT2D eigenvalue weighted by atomic mass is 9.94. The highest BCUT2D eigenvalue weighted by Crippen LogP contribution is 2.23. The van der Waals surface area contributed by atoms with Crippen LogP contribution in [0.3, 0.4) is 0 Å². The Morgan fingerprint density at radius 1 is 1.50 bits per heavy atom. The molecule has 0 spiro atoms. The molecule has 1 saturated heterocycles. The van der Waals surface area contributed by atoms with Crippen molar-refractivity contribution in [2.75, 3.05) is 18.0 Å². The summed E-state index contributed by atoms with van der Waals surface area (Å²) >= 11 is 0. The largest absolute Gasteiger partial charge is 0.390 e. The minimum atomic E-state index is -0.540. The second-order valence-corrected chi connectivity index (χ2v) is 4.54. The van der Waals surface area contributed by atoms with Crippen LogP contribution in [-0.4, -0.2) is 33.8 Å². The first-order valence-electron chi connectivity index (χ1n) is 5.60. The molecule has 5 nitrogen and oxygen atoms in total. The van der Waals surface area contributed by atoms with E-state index in [0.717, 1.165) is 37.6 Å². The van der Waals surface area contributed by atoms with Crippen LogP contribution in [0.25, 0.3) is 0 Å². The van der Waals surface area contributed by atoms with Crippen molar-refractivity contribution in [1.29, 1.82) is 0 Å². The van der Waals surface area contributed by atoms with Crippen molar-refractivity contribution in [3.05, 3.63) is 18.0 Å². The first-order valence-corrected chi connectivity index (χ1v) is 5.60. The van der Waals surface area contributed by atoms with Gasteiger partial charge in [-0.25, -0.2) is 9.97 Å². The monoisotopic (exact) mass is 222 g/mol. The maximum absolute atomic E-state index is 9.85. The fourth-order valence-electron chi connectivity index (χ4n) is 1.84. The quantitative estimate of drug-likeness (QED) is 0.752. The molecule has 5 heteroatoms. The van der Waals surface area contributed by atoms with Crippen LogP contribution in [0.15, 0.2) is 12.3 Å². The third-order valence-electron chi connectivity index (χ3n) is 3.03. The summed E-state index contributed by atoms with van der Waals surface area (Å²) < 4.78 is 0. The SMILES string of the molecule is CC1(O)CCN(c2nccc(CN)n2)CC1. The molecule has 1 aliphatic heterocycles. The van der Waals surface area contributed by atoms with E-state index in [1.54, 1.807) is 6.20 Å². The zero-order valence-electron chi connectivity index (χ0n) is 9.56. The summed E-state index contributed by atoms with van der Waals surface area (Å²) in [6.45, 7) is 3.89. The molecule has 88 valence electrons. The summed E-state index contributed by atoms with van der Waals surface area (Å²) in [5, 5.41) is 9.85. The van der Waals surface area contributed by atoms with Crippen molar-refractivity contribution in [2.24, 2.45) is 5.73 Å². The molecule has 2 heterocycles. The van der Waals surface area contributed by atoms with Crippen molar-refractivity contribution in [3.8, 4) is 0 Å². The van der Waals surface area contributed by atoms with E-state index in [1.165, 1.54) is 0 Å². The number of aliphatic hydroxyl groups is 1. The Balaban J connectivity index is 2.08. The van der Waals surface area contributed by atoms with E-state index in [1.807, 2.05) is 13.0 Å². The molecule has 0 unspecified atom stereocenters. The molecule has 0 bridgehead atoms. The van der Waals surface area contributed by atoms with Gasteiger partial charge in [-0.1, -0.05) is 0 Å². The molecule has 0 aliphatic carbocycles. The van der Waals surface area contributed by atoms with Crippen LogP contribution in [0.1, 0.15) is 25.5 Å². The molecule has 1 fully saturated rings. The van der Waals surface area contributed by atoms with Crippen molar-refractivity contribution in [2.45, 2.75) is 31.9 Å². The number of hydrogen-bond donors (Lipinski definition) is 2. The van der Waals surface area contributed by atoms with Crippen molar-refractivity contribution in [1.82, 2.24) is 9.97 Å². The Bertz CT molecular complexity index is 357. The molecule has 0 atom stereocenters. The fraction of sp³-hybridized carbons (Fsp3) is 0.636. The van der Waals surface area contributed by atoms with Gasteiger partial charge in [0.1, 0.15) is 0 Å². The Hall–Kier alpha value is -1.20. The first kappa shape index (κ1) is 11.3. The van der Waals surface area contributed by atoms with Gasteiger partial charge in [-0.2, -0.15) is 0 Å². The maximum atomic E-state index is 9.85. The van der Waals surface area contributed by atoms with E-state index < -0.39 is 5.60 Å². The van der Waals surface area contributed by atoms with E-state index in [0.29, 0.717) is 6.54 Å². The minimum Gasteiger partial charge on any atom is -0.390 e. The molecule has 0 amide bonds. The number of piperidine rings is 1. The van der Waals surface area contributed by atoms with Gasteiger partial charge in [0.15, 0.2) is 0 Å². The molecular weight excluding hydrogens is 204 g/mol. The zero-order chi connectivity index (χ0) is 11.6. The van der Waals surface area contributed by atoms with Crippen LogP contribution in [0.5, 0.6) is 0 Å². The van der Waals surface area contributed by atoms with Gasteiger partial charge in [-0.15, -0.1) is 0 Å². The minimum absolute atomic E-state index is 0.432. The molecule has 0 aromatic carbocycles. The predicted molar refractivity (Wildman–Crippen MR) is 62.0 cm³/mol. The second-order valence-electron chi connectivity index (χ2n) is 4.54. The molecule has 1 aromatic heterocycles. The number of rotatable bonds is 2. The average Bonchev–Trinajstić information content (AvgIpc) is 2.29. The van der Waals surface area contributed by atoms with Crippen LogP contribution in [-0.2, 0) is 6.54 Å². The van der Waals surface area contributed by atoms with Gasteiger partial charge in [-0.3, -0.25) is 0 Å². The number of nitrogens with two attached hydrogens (primary N) is 1. The van der Waals surface area contributed by atoms with Gasteiger partial charge in [0.05, 0.1) is 11.3 Å². The lowest BCUT2D eigenvalue weighted by molar-refractivity contribution is 0.0349.